The smallest absolute Gasteiger partial charge is 0.277 e. The van der Waals surface area contributed by atoms with E-state index in [0.717, 1.165) is 35.5 Å². The molecular weight excluding hydrogens is 418 g/mol. The van der Waals surface area contributed by atoms with E-state index in [2.05, 4.69) is 61.3 Å². The van der Waals surface area contributed by atoms with Gasteiger partial charge in [-0.3, -0.25) is 4.79 Å². The molecular formula is C26H33N3O4. The molecule has 2 aromatic rings. The van der Waals surface area contributed by atoms with Gasteiger partial charge in [-0.25, -0.2) is 5.43 Å². The second kappa shape index (κ2) is 10.4. The minimum absolute atomic E-state index is 0.0778. The highest BCUT2D eigenvalue weighted by Gasteiger charge is 2.31. The third-order valence-corrected chi connectivity index (χ3v) is 5.60. The zero-order valence-electron chi connectivity index (χ0n) is 20.3. The van der Waals surface area contributed by atoms with Crippen molar-refractivity contribution in [2.45, 2.75) is 39.7 Å². The van der Waals surface area contributed by atoms with Gasteiger partial charge in [0.2, 0.25) is 0 Å². The molecule has 0 radical (unpaired) electrons. The summed E-state index contributed by atoms with van der Waals surface area (Å²) in [7, 11) is 3.24. The molecule has 1 heterocycles. The first-order valence-electron chi connectivity index (χ1n) is 11.1. The number of nitrogens with zero attached hydrogens (tertiary/aromatic N) is 2. The maximum atomic E-state index is 12.1. The summed E-state index contributed by atoms with van der Waals surface area (Å²) in [6, 6.07) is 11.1. The number of hydrogen-bond donors (Lipinski definition) is 1. The zero-order valence-corrected chi connectivity index (χ0v) is 20.3. The highest BCUT2D eigenvalue weighted by molar-refractivity contribution is 5.91. The molecule has 3 rings (SSSR count). The average Bonchev–Trinajstić information content (AvgIpc) is 2.80. The van der Waals surface area contributed by atoms with Crippen molar-refractivity contribution in [1.29, 1.82) is 0 Å². The van der Waals surface area contributed by atoms with Gasteiger partial charge in [0.05, 0.1) is 26.0 Å². The van der Waals surface area contributed by atoms with E-state index in [0.29, 0.717) is 11.5 Å². The summed E-state index contributed by atoms with van der Waals surface area (Å²) < 4.78 is 16.2. The van der Waals surface area contributed by atoms with Crippen LogP contribution in [0.3, 0.4) is 0 Å². The van der Waals surface area contributed by atoms with Crippen LogP contribution in [0.2, 0.25) is 0 Å². The van der Waals surface area contributed by atoms with Gasteiger partial charge in [-0.15, -0.1) is 0 Å². The Labute approximate surface area is 196 Å². The number of hydrogen-bond acceptors (Lipinski definition) is 6. The second-order valence-corrected chi connectivity index (χ2v) is 8.50. The summed E-state index contributed by atoms with van der Waals surface area (Å²) >= 11 is 0. The summed E-state index contributed by atoms with van der Waals surface area (Å²) in [5.41, 5.74) is 6.71. The van der Waals surface area contributed by atoms with Crippen LogP contribution in [0.4, 0.5) is 5.69 Å². The molecule has 0 fully saturated rings. The first kappa shape index (κ1) is 24.2. The van der Waals surface area contributed by atoms with Crippen molar-refractivity contribution in [2.75, 3.05) is 32.3 Å². The lowest BCUT2D eigenvalue weighted by Gasteiger charge is -2.43. The number of benzene rings is 2. The minimum Gasteiger partial charge on any atom is -0.497 e. The second-order valence-electron chi connectivity index (χ2n) is 8.50. The van der Waals surface area contributed by atoms with Gasteiger partial charge in [-0.2, -0.15) is 5.10 Å². The van der Waals surface area contributed by atoms with E-state index in [1.54, 1.807) is 44.7 Å². The molecule has 0 aliphatic carbocycles. The van der Waals surface area contributed by atoms with Crippen molar-refractivity contribution in [3.8, 4) is 17.2 Å². The number of carbonyl (C=O) groups is 1. The predicted molar refractivity (Wildman–Crippen MR) is 133 cm³/mol. The first-order valence-corrected chi connectivity index (χ1v) is 11.1. The normalized spacial score (nSPS) is 14.5. The van der Waals surface area contributed by atoms with Crippen LogP contribution in [0.5, 0.6) is 17.2 Å². The SMILES string of the molecule is CCCN1c2cc(OC)c(/C=N/NC(=O)COc3ccc(OC)cc3)cc2C(C)=CC1(C)C. The average molecular weight is 452 g/mol. The third-order valence-electron chi connectivity index (χ3n) is 5.60. The lowest BCUT2D eigenvalue weighted by Crippen LogP contribution is -2.45. The summed E-state index contributed by atoms with van der Waals surface area (Å²) in [4.78, 5) is 14.5. The van der Waals surface area contributed by atoms with Gasteiger partial charge in [0.25, 0.3) is 5.91 Å². The molecule has 1 amide bonds. The summed E-state index contributed by atoms with van der Waals surface area (Å²) in [6.07, 6.45) is 4.93. The highest BCUT2D eigenvalue weighted by atomic mass is 16.5. The van der Waals surface area contributed by atoms with Gasteiger partial charge in [0.15, 0.2) is 6.61 Å². The fourth-order valence-electron chi connectivity index (χ4n) is 4.06. The van der Waals surface area contributed by atoms with Crippen LogP contribution in [0.1, 0.15) is 45.2 Å². The molecule has 0 spiro atoms. The van der Waals surface area contributed by atoms with Crippen LogP contribution in [0, 0.1) is 0 Å². The van der Waals surface area contributed by atoms with Crippen molar-refractivity contribution in [3.63, 3.8) is 0 Å². The fourth-order valence-corrected chi connectivity index (χ4v) is 4.06. The number of anilines is 1. The Morgan fingerprint density at radius 2 is 1.82 bits per heavy atom. The molecule has 7 heteroatoms. The van der Waals surface area contributed by atoms with Crippen molar-refractivity contribution in [1.82, 2.24) is 5.43 Å². The Hall–Kier alpha value is -3.48. The number of hydrazone groups is 1. The molecule has 0 bridgehead atoms. The van der Waals surface area contributed by atoms with E-state index < -0.39 is 0 Å². The van der Waals surface area contributed by atoms with E-state index >= 15 is 0 Å². The van der Waals surface area contributed by atoms with E-state index in [9.17, 15) is 4.79 Å². The number of carbonyl (C=O) groups excluding carboxylic acids is 1. The molecule has 1 aliphatic rings. The Morgan fingerprint density at radius 3 is 2.45 bits per heavy atom. The van der Waals surface area contributed by atoms with Crippen LogP contribution in [0.15, 0.2) is 47.6 Å². The van der Waals surface area contributed by atoms with Gasteiger partial charge in [-0.05, 0) is 63.1 Å². The molecule has 7 nitrogen and oxygen atoms in total. The maximum absolute atomic E-state index is 12.1. The van der Waals surface area contributed by atoms with Gasteiger partial charge in [0, 0.05) is 29.4 Å². The molecule has 0 unspecified atom stereocenters. The summed E-state index contributed by atoms with van der Waals surface area (Å²) in [5, 5.41) is 4.11. The molecule has 0 atom stereocenters. The van der Waals surface area contributed by atoms with E-state index in [1.165, 1.54) is 5.57 Å². The van der Waals surface area contributed by atoms with Crippen molar-refractivity contribution in [3.05, 3.63) is 53.6 Å². The monoisotopic (exact) mass is 451 g/mol. The fraction of sp³-hybridized carbons (Fsp3) is 0.385. The molecule has 0 saturated carbocycles. The van der Waals surface area contributed by atoms with Gasteiger partial charge in [-0.1, -0.05) is 13.0 Å². The molecule has 0 aromatic heterocycles. The minimum atomic E-state index is -0.356. The lowest BCUT2D eigenvalue weighted by atomic mass is 9.87. The number of amides is 1. The number of ether oxygens (including phenoxy) is 3. The molecule has 2 aromatic carbocycles. The van der Waals surface area contributed by atoms with Crippen molar-refractivity contribution < 1.29 is 19.0 Å². The van der Waals surface area contributed by atoms with Crippen LogP contribution in [0.25, 0.3) is 5.57 Å². The Bertz CT molecular complexity index is 1040. The van der Waals surface area contributed by atoms with E-state index in [-0.39, 0.29) is 18.1 Å². The largest absolute Gasteiger partial charge is 0.497 e. The van der Waals surface area contributed by atoms with E-state index in [4.69, 9.17) is 14.2 Å². The van der Waals surface area contributed by atoms with Gasteiger partial charge >= 0.3 is 0 Å². The standard InChI is InChI=1S/C26H33N3O4/c1-7-12-29-23-14-24(32-6)19(13-22(23)18(2)15-26(29,3)4)16-27-28-25(30)17-33-21-10-8-20(31-5)9-11-21/h8-11,13-16H,7,12,17H2,1-6H3,(H,28,30)/b27-16+. The van der Waals surface area contributed by atoms with Crippen LogP contribution >= 0.6 is 0 Å². The number of fused-ring (bicyclic) bond motifs is 1. The molecule has 176 valence electrons. The number of allylic oxidation sites excluding steroid dienone is 1. The molecule has 33 heavy (non-hydrogen) atoms. The van der Waals surface area contributed by atoms with Crippen molar-refractivity contribution >= 4 is 23.4 Å². The van der Waals surface area contributed by atoms with Gasteiger partial charge in [0.1, 0.15) is 17.2 Å². The quantitative estimate of drug-likeness (QED) is 0.444. The number of methoxy groups -OCH3 is 2. The van der Waals surface area contributed by atoms with E-state index in [1.807, 2.05) is 0 Å². The predicted octanol–water partition coefficient (Wildman–Crippen LogP) is 4.64. The third kappa shape index (κ3) is 5.66. The summed E-state index contributed by atoms with van der Waals surface area (Å²) in [6.45, 7) is 9.55. The van der Waals surface area contributed by atoms with Gasteiger partial charge < -0.3 is 19.1 Å². The number of rotatable bonds is 9. The van der Waals surface area contributed by atoms with Crippen LogP contribution in [-0.2, 0) is 4.79 Å². The molecule has 0 saturated heterocycles. The highest BCUT2D eigenvalue weighted by Crippen LogP contribution is 2.41. The van der Waals surface area contributed by atoms with Crippen LogP contribution in [-0.4, -0.2) is 45.0 Å². The zero-order chi connectivity index (χ0) is 24.0. The number of nitrogens with one attached hydrogen (secondary N) is 1. The Balaban J connectivity index is 1.71. The topological polar surface area (TPSA) is 72.4 Å². The van der Waals surface area contributed by atoms with Crippen LogP contribution < -0.4 is 24.5 Å². The molecule has 1 aliphatic heterocycles. The lowest BCUT2D eigenvalue weighted by molar-refractivity contribution is -0.123. The Morgan fingerprint density at radius 1 is 1.12 bits per heavy atom. The summed E-state index contributed by atoms with van der Waals surface area (Å²) in [5.74, 6) is 1.65. The Kier molecular flexibility index (Phi) is 7.63. The maximum Gasteiger partial charge on any atom is 0.277 e. The van der Waals surface area contributed by atoms with Crippen molar-refractivity contribution in [2.24, 2.45) is 5.10 Å². The molecule has 1 N–H and O–H groups in total. The first-order chi connectivity index (χ1) is 15.8.